The SMILES string of the molecule is CN(CCCCCN)S(=O)(=O)C1CCCC1. The molecule has 0 amide bonds. The highest BCUT2D eigenvalue weighted by Crippen LogP contribution is 2.26. The highest BCUT2D eigenvalue weighted by Gasteiger charge is 2.31. The van der Waals surface area contributed by atoms with E-state index in [9.17, 15) is 8.42 Å². The van der Waals surface area contributed by atoms with Gasteiger partial charge < -0.3 is 5.73 Å². The van der Waals surface area contributed by atoms with Crippen molar-refractivity contribution in [3.63, 3.8) is 0 Å². The van der Waals surface area contributed by atoms with E-state index in [2.05, 4.69) is 0 Å². The summed E-state index contributed by atoms with van der Waals surface area (Å²) in [4.78, 5) is 0. The number of hydrogen-bond acceptors (Lipinski definition) is 3. The van der Waals surface area contributed by atoms with Crippen LogP contribution in [0.1, 0.15) is 44.9 Å². The average Bonchev–Trinajstić information content (AvgIpc) is 2.77. The summed E-state index contributed by atoms with van der Waals surface area (Å²) in [6.45, 7) is 1.33. The van der Waals surface area contributed by atoms with Gasteiger partial charge in [0, 0.05) is 13.6 Å². The van der Waals surface area contributed by atoms with Gasteiger partial charge in [0.25, 0.3) is 0 Å². The van der Waals surface area contributed by atoms with Crippen molar-refractivity contribution < 1.29 is 8.42 Å². The van der Waals surface area contributed by atoms with Crippen molar-refractivity contribution in [3.8, 4) is 0 Å². The third-order valence-electron chi connectivity index (χ3n) is 3.33. The largest absolute Gasteiger partial charge is 0.330 e. The number of nitrogens with zero attached hydrogens (tertiary/aromatic N) is 1. The van der Waals surface area contributed by atoms with Crippen molar-refractivity contribution in [1.82, 2.24) is 4.31 Å². The normalized spacial score (nSPS) is 18.4. The van der Waals surface area contributed by atoms with Gasteiger partial charge in [-0.15, -0.1) is 0 Å². The minimum absolute atomic E-state index is 0.119. The topological polar surface area (TPSA) is 63.4 Å². The molecule has 0 heterocycles. The molecule has 1 aliphatic rings. The van der Waals surface area contributed by atoms with Crippen LogP contribution in [-0.2, 0) is 10.0 Å². The Morgan fingerprint density at radius 1 is 1.19 bits per heavy atom. The molecule has 96 valence electrons. The lowest BCUT2D eigenvalue weighted by molar-refractivity contribution is 0.443. The van der Waals surface area contributed by atoms with Gasteiger partial charge in [-0.1, -0.05) is 19.3 Å². The first-order valence-electron chi connectivity index (χ1n) is 6.24. The van der Waals surface area contributed by atoms with Gasteiger partial charge in [0.05, 0.1) is 5.25 Å². The highest BCUT2D eigenvalue weighted by atomic mass is 32.2. The van der Waals surface area contributed by atoms with Crippen LogP contribution in [0.5, 0.6) is 0 Å². The van der Waals surface area contributed by atoms with Crippen molar-refractivity contribution in [2.24, 2.45) is 5.73 Å². The van der Waals surface area contributed by atoms with Crippen molar-refractivity contribution in [2.75, 3.05) is 20.1 Å². The second-order valence-electron chi connectivity index (χ2n) is 4.62. The molecule has 1 saturated carbocycles. The van der Waals surface area contributed by atoms with E-state index in [1.807, 2.05) is 0 Å². The summed E-state index contributed by atoms with van der Waals surface area (Å²) in [5.74, 6) is 0. The maximum atomic E-state index is 12.1. The van der Waals surface area contributed by atoms with E-state index >= 15 is 0 Å². The molecule has 0 aromatic rings. The van der Waals surface area contributed by atoms with Gasteiger partial charge in [-0.25, -0.2) is 12.7 Å². The van der Waals surface area contributed by atoms with Gasteiger partial charge in [0.1, 0.15) is 0 Å². The van der Waals surface area contributed by atoms with Gasteiger partial charge >= 0.3 is 0 Å². The van der Waals surface area contributed by atoms with E-state index in [0.29, 0.717) is 13.1 Å². The summed E-state index contributed by atoms with van der Waals surface area (Å²) >= 11 is 0. The summed E-state index contributed by atoms with van der Waals surface area (Å²) in [5, 5.41) is -0.119. The van der Waals surface area contributed by atoms with Gasteiger partial charge in [-0.2, -0.15) is 0 Å². The van der Waals surface area contributed by atoms with E-state index in [0.717, 1.165) is 44.9 Å². The Hall–Kier alpha value is -0.130. The molecule has 16 heavy (non-hydrogen) atoms. The first kappa shape index (κ1) is 13.9. The number of unbranched alkanes of at least 4 members (excludes halogenated alkanes) is 2. The zero-order chi connectivity index (χ0) is 12.0. The summed E-state index contributed by atoms with van der Waals surface area (Å²) in [6, 6.07) is 0. The van der Waals surface area contributed by atoms with Crippen LogP contribution >= 0.6 is 0 Å². The van der Waals surface area contributed by atoms with Crippen LogP contribution in [0, 0.1) is 0 Å². The van der Waals surface area contributed by atoms with E-state index in [4.69, 9.17) is 5.73 Å². The van der Waals surface area contributed by atoms with Crippen LogP contribution in [-0.4, -0.2) is 38.1 Å². The van der Waals surface area contributed by atoms with Gasteiger partial charge in [-0.3, -0.25) is 0 Å². The van der Waals surface area contributed by atoms with E-state index in [1.165, 1.54) is 0 Å². The molecule has 0 aromatic carbocycles. The fraction of sp³-hybridized carbons (Fsp3) is 1.00. The Balaban J connectivity index is 2.36. The van der Waals surface area contributed by atoms with Crippen molar-refractivity contribution >= 4 is 10.0 Å². The van der Waals surface area contributed by atoms with Crippen LogP contribution in [0.15, 0.2) is 0 Å². The Morgan fingerprint density at radius 3 is 2.38 bits per heavy atom. The van der Waals surface area contributed by atoms with Crippen molar-refractivity contribution in [3.05, 3.63) is 0 Å². The third-order valence-corrected chi connectivity index (χ3v) is 5.70. The molecule has 0 aliphatic heterocycles. The third kappa shape index (κ3) is 3.71. The first-order chi connectivity index (χ1) is 7.59. The standard InChI is InChI=1S/C11H24N2O2S/c1-13(10-6-2-5-9-12)16(14,15)11-7-3-4-8-11/h11H,2-10,12H2,1H3. The zero-order valence-electron chi connectivity index (χ0n) is 10.2. The molecule has 0 aromatic heterocycles. The predicted molar refractivity (Wildman–Crippen MR) is 66.7 cm³/mol. The molecule has 0 bridgehead atoms. The van der Waals surface area contributed by atoms with Crippen LogP contribution in [0.2, 0.25) is 0 Å². The molecule has 0 unspecified atom stereocenters. The van der Waals surface area contributed by atoms with Crippen molar-refractivity contribution in [1.29, 1.82) is 0 Å². The lowest BCUT2D eigenvalue weighted by Gasteiger charge is -2.21. The molecule has 5 heteroatoms. The molecular weight excluding hydrogens is 224 g/mol. The molecule has 0 saturated heterocycles. The molecule has 2 N–H and O–H groups in total. The Labute approximate surface area is 99.2 Å². The fourth-order valence-corrected chi connectivity index (χ4v) is 4.05. The van der Waals surface area contributed by atoms with Gasteiger partial charge in [0.2, 0.25) is 10.0 Å². The number of rotatable bonds is 7. The molecule has 1 aliphatic carbocycles. The second-order valence-corrected chi connectivity index (χ2v) is 6.94. The highest BCUT2D eigenvalue weighted by molar-refractivity contribution is 7.89. The maximum Gasteiger partial charge on any atom is 0.216 e. The number of sulfonamides is 1. The van der Waals surface area contributed by atoms with Crippen LogP contribution in [0.25, 0.3) is 0 Å². The minimum atomic E-state index is -3.02. The first-order valence-corrected chi connectivity index (χ1v) is 7.74. The summed E-state index contributed by atoms with van der Waals surface area (Å²) in [6.07, 6.45) is 6.72. The fourth-order valence-electron chi connectivity index (χ4n) is 2.22. The molecule has 0 atom stereocenters. The number of hydrogen-bond donors (Lipinski definition) is 1. The van der Waals surface area contributed by atoms with E-state index in [-0.39, 0.29) is 5.25 Å². The average molecular weight is 248 g/mol. The van der Waals surface area contributed by atoms with Crippen LogP contribution in [0.3, 0.4) is 0 Å². The smallest absolute Gasteiger partial charge is 0.216 e. The Bertz CT molecular complexity index is 284. The van der Waals surface area contributed by atoms with Crippen LogP contribution < -0.4 is 5.73 Å². The Kier molecular flexibility index (Phi) is 5.72. The molecule has 1 rings (SSSR count). The maximum absolute atomic E-state index is 12.1. The van der Waals surface area contributed by atoms with Gasteiger partial charge in [-0.05, 0) is 32.2 Å². The quantitative estimate of drug-likeness (QED) is 0.691. The summed E-state index contributed by atoms with van der Waals surface area (Å²) < 4.78 is 25.7. The van der Waals surface area contributed by atoms with Crippen molar-refractivity contribution in [2.45, 2.75) is 50.2 Å². The lowest BCUT2D eigenvalue weighted by Crippen LogP contribution is -2.35. The monoisotopic (exact) mass is 248 g/mol. The summed E-state index contributed by atoms with van der Waals surface area (Å²) in [5.41, 5.74) is 5.40. The van der Waals surface area contributed by atoms with E-state index in [1.54, 1.807) is 11.4 Å². The van der Waals surface area contributed by atoms with Crippen LogP contribution in [0.4, 0.5) is 0 Å². The minimum Gasteiger partial charge on any atom is -0.330 e. The lowest BCUT2D eigenvalue weighted by atomic mass is 10.2. The molecule has 0 spiro atoms. The van der Waals surface area contributed by atoms with E-state index < -0.39 is 10.0 Å². The summed E-state index contributed by atoms with van der Waals surface area (Å²) in [7, 11) is -1.32. The Morgan fingerprint density at radius 2 is 1.81 bits per heavy atom. The predicted octanol–water partition coefficient (Wildman–Crippen LogP) is 1.32. The molecule has 4 nitrogen and oxygen atoms in total. The zero-order valence-corrected chi connectivity index (χ0v) is 11.0. The second kappa shape index (κ2) is 6.57. The van der Waals surface area contributed by atoms with Gasteiger partial charge in [0.15, 0.2) is 0 Å². The molecular formula is C11H24N2O2S. The molecule has 1 fully saturated rings. The number of nitrogens with two attached hydrogens (primary N) is 1. The molecule has 0 radical (unpaired) electrons.